The fourth-order valence-corrected chi connectivity index (χ4v) is 2.62. The van der Waals surface area contributed by atoms with E-state index in [0.717, 1.165) is 18.2 Å². The van der Waals surface area contributed by atoms with Crippen molar-refractivity contribution in [2.45, 2.75) is 20.0 Å². The predicted molar refractivity (Wildman–Crippen MR) is 117 cm³/mol. The topological polar surface area (TPSA) is 54.2 Å². The van der Waals surface area contributed by atoms with Gasteiger partial charge < -0.3 is 10.6 Å². The van der Waals surface area contributed by atoms with Crippen LogP contribution >= 0.6 is 24.0 Å². The SMILES string of the molecule is CN=C(NCc1cccc(-n2cccn2)c1)NCc1ccccc1C.I. The number of nitrogens with one attached hydrogen (secondary N) is 2. The van der Waals surface area contributed by atoms with Crippen LogP contribution in [0.15, 0.2) is 72.0 Å². The summed E-state index contributed by atoms with van der Waals surface area (Å²) in [5, 5.41) is 11.0. The zero-order valence-electron chi connectivity index (χ0n) is 15.0. The lowest BCUT2D eigenvalue weighted by Gasteiger charge is -2.13. The number of rotatable bonds is 5. The lowest BCUT2D eigenvalue weighted by molar-refractivity contribution is 0.803. The summed E-state index contributed by atoms with van der Waals surface area (Å²) in [6.07, 6.45) is 3.72. The molecule has 1 aromatic heterocycles. The Bertz CT molecular complexity index is 843. The molecular weight excluding hydrogens is 437 g/mol. The lowest BCUT2D eigenvalue weighted by Crippen LogP contribution is -2.36. The molecule has 0 unspecified atom stereocenters. The second kappa shape index (κ2) is 9.96. The van der Waals surface area contributed by atoms with Gasteiger partial charge in [-0.15, -0.1) is 24.0 Å². The third kappa shape index (κ3) is 5.32. The number of aliphatic imine (C=N–C) groups is 1. The average Bonchev–Trinajstić information content (AvgIpc) is 3.18. The molecule has 0 bridgehead atoms. The second-order valence-corrected chi connectivity index (χ2v) is 5.83. The molecule has 5 nitrogen and oxygen atoms in total. The highest BCUT2D eigenvalue weighted by Gasteiger charge is 2.02. The molecule has 0 spiro atoms. The van der Waals surface area contributed by atoms with Crippen LogP contribution in [0.3, 0.4) is 0 Å². The van der Waals surface area contributed by atoms with Crippen molar-refractivity contribution < 1.29 is 0 Å². The highest BCUT2D eigenvalue weighted by Crippen LogP contribution is 2.09. The molecule has 3 rings (SSSR count). The van der Waals surface area contributed by atoms with Gasteiger partial charge in [-0.1, -0.05) is 36.4 Å². The van der Waals surface area contributed by atoms with Crippen molar-refractivity contribution in [2.75, 3.05) is 7.05 Å². The van der Waals surface area contributed by atoms with E-state index in [1.165, 1.54) is 16.7 Å². The quantitative estimate of drug-likeness (QED) is 0.347. The van der Waals surface area contributed by atoms with E-state index in [-0.39, 0.29) is 24.0 Å². The van der Waals surface area contributed by atoms with Gasteiger partial charge in [-0.2, -0.15) is 5.10 Å². The van der Waals surface area contributed by atoms with Crippen molar-refractivity contribution >= 4 is 29.9 Å². The first kappa shape index (κ1) is 20.0. The first-order chi connectivity index (χ1) is 12.3. The number of aryl methyl sites for hydroxylation is 1. The first-order valence-electron chi connectivity index (χ1n) is 8.34. The van der Waals surface area contributed by atoms with E-state index < -0.39 is 0 Å². The molecule has 0 aliphatic rings. The third-order valence-electron chi connectivity index (χ3n) is 4.07. The molecule has 3 aromatic rings. The molecule has 0 aliphatic carbocycles. The van der Waals surface area contributed by atoms with Crippen molar-refractivity contribution in [3.8, 4) is 5.69 Å². The third-order valence-corrected chi connectivity index (χ3v) is 4.07. The van der Waals surface area contributed by atoms with Gasteiger partial charge in [-0.3, -0.25) is 4.99 Å². The van der Waals surface area contributed by atoms with Crippen molar-refractivity contribution in [2.24, 2.45) is 4.99 Å². The van der Waals surface area contributed by atoms with Crippen molar-refractivity contribution in [3.05, 3.63) is 83.7 Å². The van der Waals surface area contributed by atoms with Crippen molar-refractivity contribution in [3.63, 3.8) is 0 Å². The van der Waals surface area contributed by atoms with E-state index in [1.54, 1.807) is 13.2 Å². The highest BCUT2D eigenvalue weighted by molar-refractivity contribution is 14.0. The van der Waals surface area contributed by atoms with Crippen LogP contribution < -0.4 is 10.6 Å². The van der Waals surface area contributed by atoms with E-state index in [9.17, 15) is 0 Å². The molecule has 2 aromatic carbocycles. The summed E-state index contributed by atoms with van der Waals surface area (Å²) in [4.78, 5) is 4.30. The summed E-state index contributed by atoms with van der Waals surface area (Å²) in [7, 11) is 1.79. The van der Waals surface area contributed by atoms with Crippen LogP contribution in [0.1, 0.15) is 16.7 Å². The van der Waals surface area contributed by atoms with Gasteiger partial charge >= 0.3 is 0 Å². The minimum absolute atomic E-state index is 0. The molecule has 26 heavy (non-hydrogen) atoms. The maximum Gasteiger partial charge on any atom is 0.191 e. The Morgan fingerprint density at radius 3 is 2.58 bits per heavy atom. The Morgan fingerprint density at radius 2 is 1.85 bits per heavy atom. The van der Waals surface area contributed by atoms with E-state index >= 15 is 0 Å². The van der Waals surface area contributed by atoms with E-state index in [2.05, 4.69) is 64.0 Å². The van der Waals surface area contributed by atoms with Gasteiger partial charge in [0.25, 0.3) is 0 Å². The summed E-state index contributed by atoms with van der Waals surface area (Å²) in [5.41, 5.74) is 4.77. The molecule has 0 radical (unpaired) electrons. The number of hydrogen-bond acceptors (Lipinski definition) is 2. The number of aromatic nitrogens is 2. The van der Waals surface area contributed by atoms with Gasteiger partial charge in [0.1, 0.15) is 0 Å². The van der Waals surface area contributed by atoms with Crippen molar-refractivity contribution in [1.29, 1.82) is 0 Å². The summed E-state index contributed by atoms with van der Waals surface area (Å²) >= 11 is 0. The highest BCUT2D eigenvalue weighted by atomic mass is 127. The van der Waals surface area contributed by atoms with Gasteiger partial charge in [-0.05, 0) is 41.8 Å². The maximum absolute atomic E-state index is 4.30. The first-order valence-corrected chi connectivity index (χ1v) is 8.34. The average molecular weight is 461 g/mol. The van der Waals surface area contributed by atoms with Crippen LogP contribution in [0.4, 0.5) is 0 Å². The molecule has 1 heterocycles. The minimum Gasteiger partial charge on any atom is -0.352 e. The van der Waals surface area contributed by atoms with Gasteiger partial charge in [-0.25, -0.2) is 4.68 Å². The molecule has 0 amide bonds. The molecule has 0 fully saturated rings. The van der Waals surface area contributed by atoms with Crippen LogP contribution in [-0.2, 0) is 13.1 Å². The number of guanidine groups is 1. The molecule has 136 valence electrons. The Kier molecular flexibility index (Phi) is 7.65. The molecule has 2 N–H and O–H groups in total. The molecule has 6 heteroatoms. The number of nitrogens with zero attached hydrogens (tertiary/aromatic N) is 3. The molecular formula is C20H24IN5. The number of halogens is 1. The molecule has 0 saturated heterocycles. The van der Waals surface area contributed by atoms with Crippen molar-refractivity contribution in [1.82, 2.24) is 20.4 Å². The monoisotopic (exact) mass is 461 g/mol. The summed E-state index contributed by atoms with van der Waals surface area (Å²) in [6, 6.07) is 18.6. The van der Waals surface area contributed by atoms with Crippen LogP contribution in [0, 0.1) is 6.92 Å². The molecule has 0 aliphatic heterocycles. The van der Waals surface area contributed by atoms with Crippen LogP contribution in [-0.4, -0.2) is 22.8 Å². The Morgan fingerprint density at radius 1 is 1.04 bits per heavy atom. The summed E-state index contributed by atoms with van der Waals surface area (Å²) in [6.45, 7) is 3.57. The Hall–Kier alpha value is -2.35. The lowest BCUT2D eigenvalue weighted by atomic mass is 10.1. The van der Waals surface area contributed by atoms with Gasteiger partial charge in [0.2, 0.25) is 0 Å². The largest absolute Gasteiger partial charge is 0.352 e. The number of hydrogen-bond donors (Lipinski definition) is 2. The van der Waals surface area contributed by atoms with Gasteiger partial charge in [0.05, 0.1) is 5.69 Å². The second-order valence-electron chi connectivity index (χ2n) is 5.83. The standard InChI is InChI=1S/C20H23N5.HI/c1-16-7-3-4-9-18(16)15-23-20(21-2)22-14-17-8-5-10-19(13-17)25-12-6-11-24-25;/h3-13H,14-15H2,1-2H3,(H2,21,22,23);1H. The molecule has 0 saturated carbocycles. The Balaban J connectivity index is 0.00000243. The molecule has 0 atom stereocenters. The summed E-state index contributed by atoms with van der Waals surface area (Å²) in [5.74, 6) is 0.785. The minimum atomic E-state index is 0. The fourth-order valence-electron chi connectivity index (χ4n) is 2.62. The van der Waals surface area contributed by atoms with E-state index in [4.69, 9.17) is 0 Å². The van der Waals surface area contributed by atoms with E-state index in [0.29, 0.717) is 6.54 Å². The van der Waals surface area contributed by atoms with E-state index in [1.807, 2.05) is 29.1 Å². The van der Waals surface area contributed by atoms with Crippen LogP contribution in [0.2, 0.25) is 0 Å². The zero-order chi connectivity index (χ0) is 17.5. The number of benzene rings is 2. The van der Waals surface area contributed by atoms with Crippen LogP contribution in [0.5, 0.6) is 0 Å². The van der Waals surface area contributed by atoms with Crippen LogP contribution in [0.25, 0.3) is 5.69 Å². The zero-order valence-corrected chi connectivity index (χ0v) is 17.3. The maximum atomic E-state index is 4.30. The normalized spacial score (nSPS) is 10.9. The summed E-state index contributed by atoms with van der Waals surface area (Å²) < 4.78 is 1.86. The predicted octanol–water partition coefficient (Wildman–Crippen LogP) is 3.66. The fraction of sp³-hybridized carbons (Fsp3) is 0.200. The van der Waals surface area contributed by atoms with Gasteiger partial charge in [0.15, 0.2) is 5.96 Å². The van der Waals surface area contributed by atoms with Gasteiger partial charge in [0, 0.05) is 32.5 Å². The Labute approximate surface area is 171 Å². The smallest absolute Gasteiger partial charge is 0.191 e.